The first-order chi connectivity index (χ1) is 20.7. The van der Waals surface area contributed by atoms with Gasteiger partial charge in [0.05, 0.1) is 17.1 Å². The molecule has 1 nitrogen and oxygen atoms in total. The number of rotatable bonds is 4. The minimum atomic E-state index is 0.431. The molecule has 42 heavy (non-hydrogen) atoms. The van der Waals surface area contributed by atoms with Crippen LogP contribution in [-0.2, 0) is 0 Å². The second-order valence-corrected chi connectivity index (χ2v) is 11.5. The molecule has 1 heteroatoms. The van der Waals surface area contributed by atoms with E-state index >= 15 is 0 Å². The molecule has 0 fully saturated rings. The lowest BCUT2D eigenvalue weighted by molar-refractivity contribution is 0.876. The number of anilines is 3. The number of nitrogens with zero attached hydrogens (tertiary/aromatic N) is 1. The van der Waals surface area contributed by atoms with Crippen LogP contribution < -0.4 is 4.90 Å². The molecule has 0 spiro atoms. The molecule has 200 valence electrons. The Kier molecular flexibility index (Phi) is 5.72. The lowest BCUT2D eigenvalue weighted by Crippen LogP contribution is -2.12. The molecule has 0 saturated carbocycles. The van der Waals surface area contributed by atoms with E-state index in [1.807, 2.05) is 0 Å². The topological polar surface area (TPSA) is 3.24 Å². The summed E-state index contributed by atoms with van der Waals surface area (Å²) in [5.74, 6) is 0.431. The highest BCUT2D eigenvalue weighted by Gasteiger charge is 2.22. The molecule has 0 bridgehead atoms. The zero-order chi connectivity index (χ0) is 28.2. The summed E-state index contributed by atoms with van der Waals surface area (Å²) in [6.07, 6.45) is 0. The quantitative estimate of drug-likeness (QED) is 0.202. The van der Waals surface area contributed by atoms with Gasteiger partial charge in [-0.2, -0.15) is 0 Å². The van der Waals surface area contributed by atoms with Gasteiger partial charge in [0.25, 0.3) is 0 Å². The van der Waals surface area contributed by atoms with E-state index < -0.39 is 0 Å². The van der Waals surface area contributed by atoms with Gasteiger partial charge in [-0.05, 0) is 67.4 Å². The summed E-state index contributed by atoms with van der Waals surface area (Å²) in [6, 6.07) is 53.6. The Balaban J connectivity index is 1.57. The third-order valence-corrected chi connectivity index (χ3v) is 8.77. The third-order valence-electron chi connectivity index (χ3n) is 8.77. The predicted molar refractivity (Wildman–Crippen MR) is 183 cm³/mol. The van der Waals surface area contributed by atoms with Crippen LogP contribution in [-0.4, -0.2) is 0 Å². The Bertz CT molecular complexity index is 2170. The van der Waals surface area contributed by atoms with E-state index in [1.54, 1.807) is 0 Å². The summed E-state index contributed by atoms with van der Waals surface area (Å²) in [4.78, 5) is 2.52. The fourth-order valence-corrected chi connectivity index (χ4v) is 6.83. The Morgan fingerprint density at radius 3 is 1.21 bits per heavy atom. The van der Waals surface area contributed by atoms with Crippen molar-refractivity contribution in [1.29, 1.82) is 0 Å². The monoisotopic (exact) mass is 537 g/mol. The molecular formula is C41H31N. The molecule has 0 aliphatic carbocycles. The molecule has 0 amide bonds. The van der Waals surface area contributed by atoms with E-state index in [9.17, 15) is 0 Å². The van der Waals surface area contributed by atoms with Crippen molar-refractivity contribution < 1.29 is 0 Å². The summed E-state index contributed by atoms with van der Waals surface area (Å²) < 4.78 is 0. The van der Waals surface area contributed by atoms with Gasteiger partial charge >= 0.3 is 0 Å². The van der Waals surface area contributed by atoms with Crippen molar-refractivity contribution >= 4 is 70.9 Å². The molecule has 0 aliphatic heterocycles. The van der Waals surface area contributed by atoms with Crippen molar-refractivity contribution in [3.63, 3.8) is 0 Å². The van der Waals surface area contributed by atoms with E-state index in [1.165, 1.54) is 76.5 Å². The molecule has 0 saturated heterocycles. The van der Waals surface area contributed by atoms with E-state index in [-0.39, 0.29) is 0 Å². The van der Waals surface area contributed by atoms with E-state index in [2.05, 4.69) is 164 Å². The number of hydrogen-bond acceptors (Lipinski definition) is 1. The zero-order valence-electron chi connectivity index (χ0n) is 23.9. The van der Waals surface area contributed by atoms with Crippen LogP contribution in [0.25, 0.3) is 53.9 Å². The zero-order valence-corrected chi connectivity index (χ0v) is 23.9. The molecule has 0 aliphatic rings. The van der Waals surface area contributed by atoms with Crippen LogP contribution in [0.3, 0.4) is 0 Å². The first kappa shape index (κ1) is 24.6. The second-order valence-electron chi connectivity index (χ2n) is 11.5. The molecular weight excluding hydrogens is 506 g/mol. The highest BCUT2D eigenvalue weighted by Crippen LogP contribution is 2.48. The SMILES string of the molecule is CC(C)c1ccc(N(c2cc3ccccc3c3ccccc23)c2cc3ccccc3c3ccccc23)c2ccccc12. The van der Waals surface area contributed by atoms with Gasteiger partial charge in [-0.15, -0.1) is 0 Å². The third kappa shape index (κ3) is 3.78. The lowest BCUT2D eigenvalue weighted by atomic mass is 9.93. The van der Waals surface area contributed by atoms with Crippen molar-refractivity contribution in [3.8, 4) is 0 Å². The van der Waals surface area contributed by atoms with E-state index in [4.69, 9.17) is 0 Å². The van der Waals surface area contributed by atoms with Gasteiger partial charge in [0.2, 0.25) is 0 Å². The molecule has 0 heterocycles. The normalized spacial score (nSPS) is 11.8. The average molecular weight is 538 g/mol. The molecule has 0 radical (unpaired) electrons. The Morgan fingerprint density at radius 2 is 0.738 bits per heavy atom. The highest BCUT2D eigenvalue weighted by atomic mass is 15.1. The predicted octanol–water partition coefficient (Wildman–Crippen LogP) is 12.0. The summed E-state index contributed by atoms with van der Waals surface area (Å²) in [7, 11) is 0. The van der Waals surface area contributed by atoms with E-state index in [0.717, 1.165) is 0 Å². The van der Waals surface area contributed by atoms with Gasteiger partial charge in [-0.1, -0.05) is 141 Å². The van der Waals surface area contributed by atoms with Crippen molar-refractivity contribution in [2.24, 2.45) is 0 Å². The highest BCUT2D eigenvalue weighted by molar-refractivity contribution is 6.20. The van der Waals surface area contributed by atoms with Gasteiger partial charge in [-0.25, -0.2) is 0 Å². The number of hydrogen-bond donors (Lipinski definition) is 0. The van der Waals surface area contributed by atoms with Crippen LogP contribution in [0, 0.1) is 0 Å². The number of benzene rings is 8. The van der Waals surface area contributed by atoms with Gasteiger partial charge in [0, 0.05) is 16.2 Å². The first-order valence-corrected chi connectivity index (χ1v) is 14.8. The standard InChI is InChI=1S/C41H31N/c1-27(2)30-23-24-39(36-20-10-7-17-33(30)36)42(40-25-28-13-3-5-15-31(28)34-18-8-11-21-37(34)40)41-26-29-14-4-6-16-32(29)35-19-9-12-22-38(35)41/h3-27H,1-2H3. The minimum Gasteiger partial charge on any atom is -0.309 e. The first-order valence-electron chi connectivity index (χ1n) is 14.8. The lowest BCUT2D eigenvalue weighted by Gasteiger charge is -2.31. The maximum atomic E-state index is 2.52. The van der Waals surface area contributed by atoms with E-state index in [0.29, 0.717) is 5.92 Å². The van der Waals surface area contributed by atoms with Gasteiger partial charge in [-0.3, -0.25) is 0 Å². The Labute approximate surface area is 246 Å². The largest absolute Gasteiger partial charge is 0.309 e. The van der Waals surface area contributed by atoms with Crippen LogP contribution >= 0.6 is 0 Å². The van der Waals surface area contributed by atoms with Crippen molar-refractivity contribution in [1.82, 2.24) is 0 Å². The summed E-state index contributed by atoms with van der Waals surface area (Å²) in [5, 5.41) is 12.6. The smallest absolute Gasteiger partial charge is 0.0546 e. The van der Waals surface area contributed by atoms with Crippen molar-refractivity contribution in [2.75, 3.05) is 4.90 Å². The van der Waals surface area contributed by atoms with Crippen LogP contribution in [0.2, 0.25) is 0 Å². The van der Waals surface area contributed by atoms with Crippen molar-refractivity contribution in [2.45, 2.75) is 19.8 Å². The van der Waals surface area contributed by atoms with Gasteiger partial charge in [0.15, 0.2) is 0 Å². The Hall–Kier alpha value is -5.14. The molecule has 8 rings (SSSR count). The Morgan fingerprint density at radius 1 is 0.357 bits per heavy atom. The van der Waals surface area contributed by atoms with Crippen LogP contribution in [0.5, 0.6) is 0 Å². The maximum Gasteiger partial charge on any atom is 0.0546 e. The van der Waals surface area contributed by atoms with Crippen LogP contribution in [0.15, 0.2) is 146 Å². The van der Waals surface area contributed by atoms with Gasteiger partial charge < -0.3 is 4.90 Å². The summed E-state index contributed by atoms with van der Waals surface area (Å²) >= 11 is 0. The van der Waals surface area contributed by atoms with Gasteiger partial charge in [0.1, 0.15) is 0 Å². The fourth-order valence-electron chi connectivity index (χ4n) is 6.83. The maximum absolute atomic E-state index is 2.52. The molecule has 0 atom stereocenters. The van der Waals surface area contributed by atoms with Crippen LogP contribution in [0.1, 0.15) is 25.3 Å². The summed E-state index contributed by atoms with van der Waals surface area (Å²) in [5.41, 5.74) is 4.94. The molecule has 0 N–H and O–H groups in total. The average Bonchev–Trinajstić information content (AvgIpc) is 3.05. The second kappa shape index (κ2) is 9.75. The molecule has 8 aromatic rings. The van der Waals surface area contributed by atoms with Crippen molar-refractivity contribution in [3.05, 3.63) is 151 Å². The number of fused-ring (bicyclic) bond motifs is 7. The molecule has 0 aromatic heterocycles. The molecule has 0 unspecified atom stereocenters. The summed E-state index contributed by atoms with van der Waals surface area (Å²) in [6.45, 7) is 4.57. The fraction of sp³-hybridized carbons (Fsp3) is 0.0732. The van der Waals surface area contributed by atoms with Crippen LogP contribution in [0.4, 0.5) is 17.1 Å². The molecule has 8 aromatic carbocycles. The minimum absolute atomic E-state index is 0.431.